The van der Waals surface area contributed by atoms with Crippen LogP contribution in [0.4, 0.5) is 26.4 Å². The SMILES string of the molecule is Cc1cc(Cl)c(N2C(=O)Nc3c(C(=O)O)sc4ncnc2c34)cc1OCc1cccc(F)c1. The number of ether oxygens (including phenoxy) is 1. The molecule has 0 radical (unpaired) electrons. The molecule has 0 aliphatic carbocycles. The molecule has 2 aromatic carbocycles. The lowest BCUT2D eigenvalue weighted by Crippen LogP contribution is -2.35. The van der Waals surface area contributed by atoms with Crippen LogP contribution in [0.5, 0.6) is 5.75 Å². The van der Waals surface area contributed by atoms with E-state index in [0.29, 0.717) is 27.2 Å². The Balaban J connectivity index is 1.58. The molecule has 0 saturated heterocycles. The number of carboxylic acids is 1. The Labute approximate surface area is 195 Å². The summed E-state index contributed by atoms with van der Waals surface area (Å²) in [6.45, 7) is 1.91. The highest BCUT2D eigenvalue weighted by Crippen LogP contribution is 2.46. The first-order valence-corrected chi connectivity index (χ1v) is 10.8. The molecule has 166 valence electrons. The van der Waals surface area contributed by atoms with Gasteiger partial charge in [0.15, 0.2) is 5.82 Å². The van der Waals surface area contributed by atoms with Gasteiger partial charge in [-0.05, 0) is 36.2 Å². The van der Waals surface area contributed by atoms with Crippen LogP contribution in [-0.2, 0) is 6.61 Å². The molecule has 33 heavy (non-hydrogen) atoms. The molecule has 0 spiro atoms. The van der Waals surface area contributed by atoms with Crippen LogP contribution in [0, 0.1) is 12.7 Å². The topological polar surface area (TPSA) is 105 Å². The highest BCUT2D eigenvalue weighted by molar-refractivity contribution is 7.21. The van der Waals surface area contributed by atoms with E-state index in [0.717, 1.165) is 16.9 Å². The second-order valence-electron chi connectivity index (χ2n) is 7.24. The number of aromatic carboxylic acids is 1. The minimum atomic E-state index is -1.17. The Kier molecular flexibility index (Phi) is 5.10. The standard InChI is InChI=1S/C22H14ClFN4O4S/c1-10-5-13(23)14(7-15(10)32-8-11-3-2-4-12(24)6-11)28-19-16-17(27-22(28)31)18(21(29)30)33-20(16)26-9-25-19/h2-7,9H,8H2,1H3,(H,27,31)(H,29,30). The summed E-state index contributed by atoms with van der Waals surface area (Å²) in [5, 5.41) is 12.8. The lowest BCUT2D eigenvalue weighted by atomic mass is 10.1. The summed E-state index contributed by atoms with van der Waals surface area (Å²) in [5.41, 5.74) is 1.81. The van der Waals surface area contributed by atoms with E-state index in [4.69, 9.17) is 16.3 Å². The van der Waals surface area contributed by atoms with Gasteiger partial charge in [-0.3, -0.25) is 0 Å². The van der Waals surface area contributed by atoms with Crippen molar-refractivity contribution in [3.63, 3.8) is 0 Å². The number of benzene rings is 2. The van der Waals surface area contributed by atoms with Crippen molar-refractivity contribution in [3.8, 4) is 5.75 Å². The Morgan fingerprint density at radius 3 is 2.88 bits per heavy atom. The molecule has 1 aliphatic heterocycles. The van der Waals surface area contributed by atoms with Crippen molar-refractivity contribution in [2.75, 3.05) is 10.2 Å². The average molecular weight is 485 g/mol. The van der Waals surface area contributed by atoms with Gasteiger partial charge < -0.3 is 15.2 Å². The number of amides is 2. The third-order valence-corrected chi connectivity index (χ3v) is 6.47. The fourth-order valence-corrected chi connectivity index (χ4v) is 4.83. The number of thiophene rings is 1. The molecule has 2 amide bonds. The van der Waals surface area contributed by atoms with Crippen LogP contribution in [-0.4, -0.2) is 27.1 Å². The van der Waals surface area contributed by atoms with Gasteiger partial charge in [-0.2, -0.15) is 0 Å². The zero-order valence-electron chi connectivity index (χ0n) is 16.9. The fraction of sp³-hybridized carbons (Fsp3) is 0.0909. The summed E-state index contributed by atoms with van der Waals surface area (Å²) in [4.78, 5) is 34.7. The van der Waals surface area contributed by atoms with E-state index in [1.54, 1.807) is 31.2 Å². The molecule has 2 aromatic heterocycles. The van der Waals surface area contributed by atoms with Crippen LogP contribution < -0.4 is 15.0 Å². The molecular formula is C22H14ClFN4O4S. The van der Waals surface area contributed by atoms with Crippen LogP contribution in [0.1, 0.15) is 20.8 Å². The molecule has 5 rings (SSSR count). The number of carbonyl (C=O) groups excluding carboxylic acids is 1. The summed E-state index contributed by atoms with van der Waals surface area (Å²) < 4.78 is 19.4. The Bertz CT molecular complexity index is 1460. The van der Waals surface area contributed by atoms with E-state index in [-0.39, 0.29) is 33.8 Å². The fourth-order valence-electron chi connectivity index (χ4n) is 3.60. The van der Waals surface area contributed by atoms with E-state index in [1.807, 2.05) is 0 Å². The lowest BCUT2D eigenvalue weighted by Gasteiger charge is -2.28. The number of rotatable bonds is 5. The van der Waals surface area contributed by atoms with Gasteiger partial charge in [-0.25, -0.2) is 28.8 Å². The van der Waals surface area contributed by atoms with Crippen molar-refractivity contribution in [2.45, 2.75) is 13.5 Å². The average Bonchev–Trinajstić information content (AvgIpc) is 3.14. The molecule has 8 nitrogen and oxygen atoms in total. The molecule has 2 N–H and O–H groups in total. The summed E-state index contributed by atoms with van der Waals surface area (Å²) >= 11 is 7.44. The number of nitrogens with one attached hydrogen (secondary N) is 1. The van der Waals surface area contributed by atoms with E-state index in [2.05, 4.69) is 15.3 Å². The first-order valence-electron chi connectivity index (χ1n) is 9.62. The minimum absolute atomic E-state index is 0.0335. The van der Waals surface area contributed by atoms with Gasteiger partial charge in [-0.15, -0.1) is 11.3 Å². The molecule has 0 bridgehead atoms. The number of aryl methyl sites for hydroxylation is 1. The second-order valence-corrected chi connectivity index (χ2v) is 8.65. The highest BCUT2D eigenvalue weighted by atomic mass is 35.5. The van der Waals surface area contributed by atoms with Crippen LogP contribution >= 0.6 is 22.9 Å². The Hall–Kier alpha value is -3.76. The highest BCUT2D eigenvalue weighted by Gasteiger charge is 2.35. The molecule has 0 atom stereocenters. The van der Waals surface area contributed by atoms with Crippen molar-refractivity contribution in [3.05, 3.63) is 69.6 Å². The van der Waals surface area contributed by atoms with E-state index in [9.17, 15) is 19.1 Å². The van der Waals surface area contributed by atoms with Gasteiger partial charge >= 0.3 is 12.0 Å². The monoisotopic (exact) mass is 484 g/mol. The van der Waals surface area contributed by atoms with Crippen LogP contribution in [0.25, 0.3) is 10.2 Å². The van der Waals surface area contributed by atoms with Crippen molar-refractivity contribution in [1.82, 2.24) is 9.97 Å². The lowest BCUT2D eigenvalue weighted by molar-refractivity contribution is 0.0703. The number of urea groups is 1. The maximum Gasteiger partial charge on any atom is 0.348 e. The summed E-state index contributed by atoms with van der Waals surface area (Å²) in [5.74, 6) is -0.882. The minimum Gasteiger partial charge on any atom is -0.489 e. The van der Waals surface area contributed by atoms with Gasteiger partial charge in [0.05, 0.1) is 21.8 Å². The number of nitrogens with zero attached hydrogens (tertiary/aromatic N) is 3. The van der Waals surface area contributed by atoms with Crippen molar-refractivity contribution in [2.24, 2.45) is 0 Å². The van der Waals surface area contributed by atoms with Gasteiger partial charge in [0.25, 0.3) is 0 Å². The molecule has 0 unspecified atom stereocenters. The number of hydrogen-bond acceptors (Lipinski definition) is 6. The maximum absolute atomic E-state index is 13.5. The smallest absolute Gasteiger partial charge is 0.348 e. The van der Waals surface area contributed by atoms with Crippen molar-refractivity contribution in [1.29, 1.82) is 0 Å². The van der Waals surface area contributed by atoms with Crippen LogP contribution in [0.15, 0.2) is 42.7 Å². The van der Waals surface area contributed by atoms with Gasteiger partial charge in [0, 0.05) is 6.07 Å². The zero-order valence-corrected chi connectivity index (χ0v) is 18.5. The molecule has 0 saturated carbocycles. The number of anilines is 3. The van der Waals surface area contributed by atoms with Crippen molar-refractivity contribution < 1.29 is 23.8 Å². The third kappa shape index (κ3) is 3.62. The number of hydrogen-bond donors (Lipinski definition) is 2. The number of carbonyl (C=O) groups is 2. The predicted octanol–water partition coefficient (Wildman–Crippen LogP) is 5.75. The van der Waals surface area contributed by atoms with Gasteiger partial charge in [0.2, 0.25) is 0 Å². The van der Waals surface area contributed by atoms with E-state index >= 15 is 0 Å². The van der Waals surface area contributed by atoms with Crippen LogP contribution in [0.3, 0.4) is 0 Å². The quantitative estimate of drug-likeness (QED) is 0.373. The maximum atomic E-state index is 13.5. The molecular weight excluding hydrogens is 471 g/mol. The molecule has 0 fully saturated rings. The Morgan fingerprint density at radius 1 is 1.30 bits per heavy atom. The number of aromatic nitrogens is 2. The van der Waals surface area contributed by atoms with E-state index < -0.39 is 12.0 Å². The number of halogens is 2. The van der Waals surface area contributed by atoms with Gasteiger partial charge in [-0.1, -0.05) is 23.7 Å². The summed E-state index contributed by atoms with van der Waals surface area (Å²) in [7, 11) is 0. The van der Waals surface area contributed by atoms with Crippen molar-refractivity contribution >= 4 is 62.3 Å². The predicted molar refractivity (Wildman–Crippen MR) is 122 cm³/mol. The largest absolute Gasteiger partial charge is 0.489 e. The van der Waals surface area contributed by atoms with Crippen LogP contribution in [0.2, 0.25) is 5.02 Å². The Morgan fingerprint density at radius 2 is 2.12 bits per heavy atom. The summed E-state index contributed by atoms with van der Waals surface area (Å²) in [6, 6.07) is 8.68. The molecule has 1 aliphatic rings. The second kappa shape index (κ2) is 7.98. The molecule has 3 heterocycles. The zero-order chi connectivity index (χ0) is 23.3. The normalized spacial score (nSPS) is 12.7. The molecule has 4 aromatic rings. The first kappa shape index (κ1) is 21.1. The number of carboxylic acid groups (broad SMARTS) is 1. The summed E-state index contributed by atoms with van der Waals surface area (Å²) in [6.07, 6.45) is 1.26. The first-order chi connectivity index (χ1) is 15.8. The van der Waals surface area contributed by atoms with E-state index in [1.165, 1.54) is 23.4 Å². The third-order valence-electron chi connectivity index (χ3n) is 5.08. The molecule has 11 heteroatoms. The van der Waals surface area contributed by atoms with Gasteiger partial charge in [0.1, 0.15) is 34.2 Å².